The number of allylic oxidation sites excluding steroid dienone is 2. The lowest BCUT2D eigenvalue weighted by atomic mass is 10.0. The SMILES string of the molecule is C=C(C)CC(C)C(=C)NC. The van der Waals surface area contributed by atoms with Gasteiger partial charge in [0.1, 0.15) is 0 Å². The van der Waals surface area contributed by atoms with Crippen LogP contribution >= 0.6 is 0 Å². The van der Waals surface area contributed by atoms with Gasteiger partial charge in [-0.2, -0.15) is 0 Å². The second-order valence-corrected chi connectivity index (χ2v) is 2.84. The quantitative estimate of drug-likeness (QED) is 0.589. The van der Waals surface area contributed by atoms with Crippen molar-refractivity contribution >= 4 is 0 Å². The van der Waals surface area contributed by atoms with E-state index in [1.807, 2.05) is 14.0 Å². The van der Waals surface area contributed by atoms with Crippen LogP contribution in [0.4, 0.5) is 0 Å². The molecule has 0 radical (unpaired) electrons. The summed E-state index contributed by atoms with van der Waals surface area (Å²) < 4.78 is 0. The van der Waals surface area contributed by atoms with Crippen LogP contribution in [-0.4, -0.2) is 7.05 Å². The van der Waals surface area contributed by atoms with Crippen LogP contribution in [-0.2, 0) is 0 Å². The Bertz CT molecular complexity index is 136. The molecular formula is C9H17N. The predicted molar refractivity (Wildman–Crippen MR) is 46.8 cm³/mol. The maximum atomic E-state index is 3.87. The smallest absolute Gasteiger partial charge is 0.00630 e. The van der Waals surface area contributed by atoms with Gasteiger partial charge in [-0.3, -0.25) is 0 Å². The Labute approximate surface area is 63.8 Å². The summed E-state index contributed by atoms with van der Waals surface area (Å²) in [5.74, 6) is 0.502. The molecule has 0 saturated heterocycles. The Kier molecular flexibility index (Phi) is 3.85. The molecule has 0 aliphatic rings. The molecule has 0 aromatic heterocycles. The van der Waals surface area contributed by atoms with E-state index in [-0.39, 0.29) is 0 Å². The van der Waals surface area contributed by atoms with Gasteiger partial charge in [0.2, 0.25) is 0 Å². The zero-order valence-corrected chi connectivity index (χ0v) is 7.20. The molecule has 0 aliphatic heterocycles. The summed E-state index contributed by atoms with van der Waals surface area (Å²) in [5, 5.41) is 3.03. The molecule has 58 valence electrons. The second kappa shape index (κ2) is 4.15. The van der Waals surface area contributed by atoms with Gasteiger partial charge in [0, 0.05) is 12.7 Å². The van der Waals surface area contributed by atoms with Crippen LogP contribution in [0.5, 0.6) is 0 Å². The second-order valence-electron chi connectivity index (χ2n) is 2.84. The van der Waals surface area contributed by atoms with Crippen molar-refractivity contribution in [3.8, 4) is 0 Å². The van der Waals surface area contributed by atoms with Crippen molar-refractivity contribution in [2.75, 3.05) is 7.05 Å². The average Bonchev–Trinajstić information content (AvgIpc) is 1.85. The van der Waals surface area contributed by atoms with E-state index in [0.717, 1.165) is 12.1 Å². The maximum absolute atomic E-state index is 3.87. The van der Waals surface area contributed by atoms with Crippen LogP contribution in [0.1, 0.15) is 20.3 Å². The summed E-state index contributed by atoms with van der Waals surface area (Å²) in [6.07, 6.45) is 1.03. The molecule has 1 atom stereocenters. The van der Waals surface area contributed by atoms with Gasteiger partial charge in [-0.25, -0.2) is 0 Å². The lowest BCUT2D eigenvalue weighted by molar-refractivity contribution is 0.631. The normalized spacial score (nSPS) is 12.3. The Morgan fingerprint density at radius 1 is 1.50 bits per heavy atom. The largest absolute Gasteiger partial charge is 0.392 e. The molecular weight excluding hydrogens is 122 g/mol. The predicted octanol–water partition coefficient (Wildman–Crippen LogP) is 2.32. The number of nitrogens with one attached hydrogen (secondary N) is 1. The molecule has 0 bridgehead atoms. The molecule has 1 N–H and O–H groups in total. The molecule has 0 saturated carbocycles. The van der Waals surface area contributed by atoms with Crippen LogP contribution in [0, 0.1) is 5.92 Å². The minimum Gasteiger partial charge on any atom is -0.392 e. The van der Waals surface area contributed by atoms with Crippen molar-refractivity contribution in [1.82, 2.24) is 5.32 Å². The first-order valence-corrected chi connectivity index (χ1v) is 3.58. The zero-order valence-electron chi connectivity index (χ0n) is 7.20. The number of hydrogen-bond donors (Lipinski definition) is 1. The van der Waals surface area contributed by atoms with Crippen molar-refractivity contribution in [3.05, 3.63) is 24.4 Å². The lowest BCUT2D eigenvalue weighted by Gasteiger charge is -2.13. The molecule has 0 aromatic rings. The summed E-state index contributed by atoms with van der Waals surface area (Å²) in [4.78, 5) is 0. The molecule has 0 fully saturated rings. The minimum atomic E-state index is 0.502. The fraction of sp³-hybridized carbons (Fsp3) is 0.556. The third-order valence-corrected chi connectivity index (χ3v) is 1.57. The minimum absolute atomic E-state index is 0.502. The molecule has 0 heterocycles. The van der Waals surface area contributed by atoms with E-state index in [0.29, 0.717) is 5.92 Å². The summed E-state index contributed by atoms with van der Waals surface area (Å²) >= 11 is 0. The highest BCUT2D eigenvalue weighted by atomic mass is 14.8. The van der Waals surface area contributed by atoms with E-state index in [1.165, 1.54) is 5.57 Å². The summed E-state index contributed by atoms with van der Waals surface area (Å²) in [6.45, 7) is 11.9. The van der Waals surface area contributed by atoms with Gasteiger partial charge in [0.15, 0.2) is 0 Å². The van der Waals surface area contributed by atoms with E-state index < -0.39 is 0 Å². The van der Waals surface area contributed by atoms with Gasteiger partial charge in [-0.1, -0.05) is 19.1 Å². The van der Waals surface area contributed by atoms with Crippen LogP contribution in [0.2, 0.25) is 0 Å². The monoisotopic (exact) mass is 139 g/mol. The highest BCUT2D eigenvalue weighted by molar-refractivity contribution is 5.01. The fourth-order valence-corrected chi connectivity index (χ4v) is 0.892. The van der Waals surface area contributed by atoms with Crippen LogP contribution in [0.15, 0.2) is 24.4 Å². The zero-order chi connectivity index (χ0) is 8.15. The van der Waals surface area contributed by atoms with Crippen molar-refractivity contribution in [2.24, 2.45) is 5.92 Å². The first-order valence-electron chi connectivity index (χ1n) is 3.58. The van der Waals surface area contributed by atoms with Crippen molar-refractivity contribution in [3.63, 3.8) is 0 Å². The average molecular weight is 139 g/mol. The number of hydrogen-bond acceptors (Lipinski definition) is 1. The molecule has 10 heavy (non-hydrogen) atoms. The van der Waals surface area contributed by atoms with Crippen molar-refractivity contribution in [1.29, 1.82) is 0 Å². The summed E-state index contributed by atoms with van der Waals surface area (Å²) in [7, 11) is 1.90. The molecule has 0 aliphatic carbocycles. The Hall–Kier alpha value is -0.720. The van der Waals surface area contributed by atoms with E-state index in [4.69, 9.17) is 0 Å². The Balaban J connectivity index is 3.72. The van der Waals surface area contributed by atoms with Crippen LogP contribution in [0.25, 0.3) is 0 Å². The van der Waals surface area contributed by atoms with Crippen LogP contribution < -0.4 is 5.32 Å². The highest BCUT2D eigenvalue weighted by Crippen LogP contribution is 2.13. The van der Waals surface area contributed by atoms with Gasteiger partial charge >= 0.3 is 0 Å². The standard InChI is InChI=1S/C9H17N/c1-7(2)6-8(3)9(4)10-5/h8,10H,1,4,6H2,2-3,5H3. The van der Waals surface area contributed by atoms with E-state index >= 15 is 0 Å². The van der Waals surface area contributed by atoms with Gasteiger partial charge in [-0.05, 0) is 19.3 Å². The topological polar surface area (TPSA) is 12.0 Å². The van der Waals surface area contributed by atoms with Crippen molar-refractivity contribution in [2.45, 2.75) is 20.3 Å². The lowest BCUT2D eigenvalue weighted by Crippen LogP contribution is -2.12. The van der Waals surface area contributed by atoms with Gasteiger partial charge in [0.05, 0.1) is 0 Å². The molecule has 0 spiro atoms. The Morgan fingerprint density at radius 2 is 2.00 bits per heavy atom. The highest BCUT2D eigenvalue weighted by Gasteiger charge is 2.03. The number of rotatable bonds is 4. The third-order valence-electron chi connectivity index (χ3n) is 1.57. The molecule has 1 heteroatoms. The first-order chi connectivity index (χ1) is 4.57. The summed E-state index contributed by atoms with van der Waals surface area (Å²) in [5.41, 5.74) is 2.30. The molecule has 0 amide bonds. The van der Waals surface area contributed by atoms with Gasteiger partial charge < -0.3 is 5.32 Å². The molecule has 0 aromatic carbocycles. The molecule has 1 nitrogen and oxygen atoms in total. The third kappa shape index (κ3) is 3.33. The molecule has 0 rings (SSSR count). The Morgan fingerprint density at radius 3 is 2.30 bits per heavy atom. The van der Waals surface area contributed by atoms with E-state index in [2.05, 4.69) is 25.4 Å². The van der Waals surface area contributed by atoms with E-state index in [9.17, 15) is 0 Å². The van der Waals surface area contributed by atoms with Crippen LogP contribution in [0.3, 0.4) is 0 Å². The fourth-order valence-electron chi connectivity index (χ4n) is 0.892. The first kappa shape index (κ1) is 9.28. The van der Waals surface area contributed by atoms with Gasteiger partial charge in [0.25, 0.3) is 0 Å². The van der Waals surface area contributed by atoms with Gasteiger partial charge in [-0.15, -0.1) is 6.58 Å². The maximum Gasteiger partial charge on any atom is 0.00630 e. The van der Waals surface area contributed by atoms with Crippen molar-refractivity contribution < 1.29 is 0 Å². The van der Waals surface area contributed by atoms with E-state index in [1.54, 1.807) is 0 Å². The molecule has 1 unspecified atom stereocenters. The summed E-state index contributed by atoms with van der Waals surface area (Å²) in [6, 6.07) is 0.